The molecule has 1 unspecified atom stereocenters. The highest BCUT2D eigenvalue weighted by atomic mass is 35.5. The first-order valence-corrected chi connectivity index (χ1v) is 6.33. The molecule has 0 spiro atoms. The van der Waals surface area contributed by atoms with Crippen LogP contribution in [0, 0.1) is 0 Å². The number of hydrogen-bond donors (Lipinski definition) is 0. The van der Waals surface area contributed by atoms with Gasteiger partial charge in [-0.2, -0.15) is 0 Å². The van der Waals surface area contributed by atoms with Crippen LogP contribution in [0.3, 0.4) is 0 Å². The molecule has 5 heteroatoms. The molecular weight excluding hydrogens is 291 g/mol. The molecule has 0 bridgehead atoms. The molecule has 2 heterocycles. The predicted octanol–water partition coefficient (Wildman–Crippen LogP) is 3.03. The molecule has 2 aliphatic rings. The highest BCUT2D eigenvalue weighted by Crippen LogP contribution is 2.36. The first kappa shape index (κ1) is 16.1. The van der Waals surface area contributed by atoms with Gasteiger partial charge < -0.3 is 4.90 Å². The summed E-state index contributed by atoms with van der Waals surface area (Å²) in [7, 11) is 2.20. The second-order valence-electron chi connectivity index (χ2n) is 4.88. The van der Waals surface area contributed by atoms with Gasteiger partial charge in [-0.25, -0.2) is 0 Å². The van der Waals surface area contributed by atoms with E-state index in [-0.39, 0.29) is 24.8 Å². The van der Waals surface area contributed by atoms with Gasteiger partial charge in [-0.05, 0) is 30.7 Å². The average molecular weight is 310 g/mol. The van der Waals surface area contributed by atoms with Gasteiger partial charge in [0.1, 0.15) is 0 Å². The largest absolute Gasteiger partial charge is 0.303 e. The molecule has 102 valence electrons. The summed E-state index contributed by atoms with van der Waals surface area (Å²) in [5.74, 6) is 0. The third-order valence-electron chi connectivity index (χ3n) is 3.84. The van der Waals surface area contributed by atoms with Crippen molar-refractivity contribution in [1.29, 1.82) is 0 Å². The van der Waals surface area contributed by atoms with Crippen molar-refractivity contribution >= 4 is 36.4 Å². The van der Waals surface area contributed by atoms with Gasteiger partial charge in [0.25, 0.3) is 0 Å². The summed E-state index contributed by atoms with van der Waals surface area (Å²) in [5.41, 5.74) is 2.83. The molecule has 0 aromatic heterocycles. The van der Waals surface area contributed by atoms with Crippen LogP contribution in [0.2, 0.25) is 5.02 Å². The van der Waals surface area contributed by atoms with E-state index in [2.05, 4.69) is 29.0 Å². The molecule has 0 aliphatic carbocycles. The summed E-state index contributed by atoms with van der Waals surface area (Å²) in [6, 6.07) is 6.84. The Balaban J connectivity index is 0.000000810. The van der Waals surface area contributed by atoms with Crippen LogP contribution in [0.25, 0.3) is 0 Å². The van der Waals surface area contributed by atoms with Crippen LogP contribution < -0.4 is 0 Å². The molecule has 18 heavy (non-hydrogen) atoms. The lowest BCUT2D eigenvalue weighted by atomic mass is 9.91. The van der Waals surface area contributed by atoms with Crippen molar-refractivity contribution in [2.45, 2.75) is 12.5 Å². The number of nitrogens with zero attached hydrogens (tertiary/aromatic N) is 2. The summed E-state index contributed by atoms with van der Waals surface area (Å²) in [6.45, 7) is 4.64. The number of halogens is 3. The van der Waals surface area contributed by atoms with Crippen LogP contribution >= 0.6 is 36.4 Å². The predicted molar refractivity (Wildman–Crippen MR) is 81.5 cm³/mol. The zero-order valence-electron chi connectivity index (χ0n) is 10.4. The number of likely N-dealkylation sites (N-methyl/N-ethyl adjacent to an activating group) is 1. The Labute approximate surface area is 126 Å². The Bertz CT molecular complexity index is 411. The molecule has 1 saturated heterocycles. The zero-order valence-corrected chi connectivity index (χ0v) is 12.8. The number of hydrogen-bond acceptors (Lipinski definition) is 2. The molecule has 1 fully saturated rings. The summed E-state index contributed by atoms with van der Waals surface area (Å²) in [4.78, 5) is 4.98. The van der Waals surface area contributed by atoms with E-state index in [9.17, 15) is 0 Å². The van der Waals surface area contributed by atoms with Gasteiger partial charge in [0.2, 0.25) is 0 Å². The number of rotatable bonds is 0. The van der Waals surface area contributed by atoms with E-state index in [0.717, 1.165) is 18.0 Å². The SMILES string of the molecule is CN1CCN2CCc3cccc(Cl)c3C2C1.Cl.Cl. The quantitative estimate of drug-likeness (QED) is 0.727. The molecule has 1 aromatic carbocycles. The van der Waals surface area contributed by atoms with E-state index in [1.54, 1.807) is 0 Å². The van der Waals surface area contributed by atoms with Crippen molar-refractivity contribution in [3.8, 4) is 0 Å². The van der Waals surface area contributed by atoms with Crippen LogP contribution in [0.5, 0.6) is 0 Å². The van der Waals surface area contributed by atoms with Gasteiger partial charge in [0.15, 0.2) is 0 Å². The average Bonchev–Trinajstić information content (AvgIpc) is 2.28. The van der Waals surface area contributed by atoms with Crippen molar-refractivity contribution in [1.82, 2.24) is 9.80 Å². The summed E-state index contributed by atoms with van der Waals surface area (Å²) in [5, 5.41) is 0.947. The standard InChI is InChI=1S/C13H17ClN2.2ClH/c1-15-7-8-16-6-5-10-3-2-4-11(14)13(10)12(16)9-15;;/h2-4,12H,5-9H2,1H3;2*1H. The maximum Gasteiger partial charge on any atom is 0.0493 e. The second kappa shape index (κ2) is 6.44. The van der Waals surface area contributed by atoms with Crippen molar-refractivity contribution in [2.24, 2.45) is 0 Å². The van der Waals surface area contributed by atoms with Gasteiger partial charge in [-0.15, -0.1) is 24.8 Å². The normalized spacial score (nSPS) is 23.3. The number of benzene rings is 1. The van der Waals surface area contributed by atoms with Crippen LogP contribution in [0.4, 0.5) is 0 Å². The van der Waals surface area contributed by atoms with E-state index in [1.165, 1.54) is 30.8 Å². The monoisotopic (exact) mass is 308 g/mol. The molecular formula is C13H19Cl3N2. The summed E-state index contributed by atoms with van der Waals surface area (Å²) >= 11 is 6.36. The molecule has 2 nitrogen and oxygen atoms in total. The minimum absolute atomic E-state index is 0. The van der Waals surface area contributed by atoms with Crippen molar-refractivity contribution < 1.29 is 0 Å². The third-order valence-corrected chi connectivity index (χ3v) is 4.17. The van der Waals surface area contributed by atoms with Gasteiger partial charge in [-0.1, -0.05) is 23.7 Å². The Morgan fingerprint density at radius 3 is 2.72 bits per heavy atom. The minimum Gasteiger partial charge on any atom is -0.303 e. The molecule has 0 N–H and O–H groups in total. The second-order valence-corrected chi connectivity index (χ2v) is 5.28. The van der Waals surface area contributed by atoms with Crippen molar-refractivity contribution in [3.63, 3.8) is 0 Å². The van der Waals surface area contributed by atoms with Crippen molar-refractivity contribution in [3.05, 3.63) is 34.3 Å². The molecule has 0 saturated carbocycles. The fraction of sp³-hybridized carbons (Fsp3) is 0.538. The maximum atomic E-state index is 6.36. The Morgan fingerprint density at radius 1 is 1.17 bits per heavy atom. The number of piperazine rings is 1. The maximum absolute atomic E-state index is 6.36. The van der Waals surface area contributed by atoms with Gasteiger partial charge in [0.05, 0.1) is 0 Å². The van der Waals surface area contributed by atoms with Crippen LogP contribution in [0.15, 0.2) is 18.2 Å². The van der Waals surface area contributed by atoms with E-state index in [1.807, 2.05) is 6.07 Å². The molecule has 1 atom stereocenters. The molecule has 3 rings (SSSR count). The van der Waals surface area contributed by atoms with Gasteiger partial charge in [0, 0.05) is 37.2 Å². The Morgan fingerprint density at radius 2 is 1.94 bits per heavy atom. The Kier molecular flexibility index (Phi) is 5.75. The van der Waals surface area contributed by atoms with E-state index < -0.39 is 0 Å². The lowest BCUT2D eigenvalue weighted by Gasteiger charge is -2.44. The van der Waals surface area contributed by atoms with Gasteiger partial charge in [-0.3, -0.25) is 4.90 Å². The first-order valence-electron chi connectivity index (χ1n) is 5.95. The van der Waals surface area contributed by atoms with Crippen LogP contribution in [-0.2, 0) is 6.42 Å². The van der Waals surface area contributed by atoms with Crippen LogP contribution in [0.1, 0.15) is 17.2 Å². The lowest BCUT2D eigenvalue weighted by molar-refractivity contribution is 0.0826. The van der Waals surface area contributed by atoms with Crippen molar-refractivity contribution in [2.75, 3.05) is 33.2 Å². The smallest absolute Gasteiger partial charge is 0.0493 e. The number of fused-ring (bicyclic) bond motifs is 3. The minimum atomic E-state index is 0. The topological polar surface area (TPSA) is 6.48 Å². The molecule has 0 amide bonds. The Hall–Kier alpha value is 0.01000. The highest BCUT2D eigenvalue weighted by molar-refractivity contribution is 6.31. The molecule has 2 aliphatic heterocycles. The van der Waals surface area contributed by atoms with E-state index >= 15 is 0 Å². The third kappa shape index (κ3) is 2.78. The van der Waals surface area contributed by atoms with E-state index in [4.69, 9.17) is 11.6 Å². The highest BCUT2D eigenvalue weighted by Gasteiger charge is 2.32. The fourth-order valence-electron chi connectivity index (χ4n) is 2.94. The van der Waals surface area contributed by atoms with Crippen LogP contribution in [-0.4, -0.2) is 43.0 Å². The molecule has 1 aromatic rings. The fourth-order valence-corrected chi connectivity index (χ4v) is 3.26. The molecule has 0 radical (unpaired) electrons. The van der Waals surface area contributed by atoms with Gasteiger partial charge >= 0.3 is 0 Å². The first-order chi connectivity index (χ1) is 7.75. The zero-order chi connectivity index (χ0) is 11.1. The summed E-state index contributed by atoms with van der Waals surface area (Å²) < 4.78 is 0. The summed E-state index contributed by atoms with van der Waals surface area (Å²) in [6.07, 6.45) is 1.15. The van der Waals surface area contributed by atoms with E-state index in [0.29, 0.717) is 6.04 Å². The lowest BCUT2D eigenvalue weighted by Crippen LogP contribution is -2.49.